The first-order valence-corrected chi connectivity index (χ1v) is 9.24. The largest absolute Gasteiger partial charge is 0.466 e. The van der Waals surface area contributed by atoms with Crippen molar-refractivity contribution in [1.29, 1.82) is 0 Å². The third kappa shape index (κ3) is 6.89. The average Bonchev–Trinajstić information content (AvgIpc) is 2.61. The first kappa shape index (κ1) is 20.0. The lowest BCUT2D eigenvalue weighted by Gasteiger charge is -2.12. The summed E-state index contributed by atoms with van der Waals surface area (Å²) < 4.78 is 4.93. The van der Waals surface area contributed by atoms with Crippen molar-refractivity contribution in [1.82, 2.24) is 0 Å². The highest BCUT2D eigenvalue weighted by molar-refractivity contribution is 6.31. The molecule has 138 valence electrons. The van der Waals surface area contributed by atoms with E-state index < -0.39 is 0 Å². The Morgan fingerprint density at radius 2 is 1.85 bits per heavy atom. The monoisotopic (exact) mass is 373 g/mol. The molecular formula is C21H24ClNO3. The van der Waals surface area contributed by atoms with Crippen LogP contribution in [0.1, 0.15) is 37.3 Å². The van der Waals surface area contributed by atoms with Gasteiger partial charge in [0.2, 0.25) is 5.91 Å². The van der Waals surface area contributed by atoms with Crippen molar-refractivity contribution in [3.05, 3.63) is 64.7 Å². The molecule has 0 aliphatic rings. The van der Waals surface area contributed by atoms with Gasteiger partial charge >= 0.3 is 5.97 Å². The zero-order chi connectivity index (χ0) is 18.8. The summed E-state index contributed by atoms with van der Waals surface area (Å²) in [5, 5.41) is 3.53. The van der Waals surface area contributed by atoms with Crippen LogP contribution in [0.2, 0.25) is 5.02 Å². The average molecular weight is 374 g/mol. The smallest absolute Gasteiger partial charge is 0.305 e. The molecule has 2 rings (SSSR count). The molecule has 26 heavy (non-hydrogen) atoms. The molecule has 0 saturated carbocycles. The molecule has 2 aromatic rings. The summed E-state index contributed by atoms with van der Waals surface area (Å²) >= 11 is 6.09. The molecule has 5 heteroatoms. The molecule has 0 aromatic heterocycles. The van der Waals surface area contributed by atoms with E-state index in [9.17, 15) is 9.59 Å². The van der Waals surface area contributed by atoms with Crippen LogP contribution in [0.25, 0.3) is 0 Å². The van der Waals surface area contributed by atoms with Gasteiger partial charge < -0.3 is 10.1 Å². The van der Waals surface area contributed by atoms with Crippen LogP contribution < -0.4 is 5.32 Å². The number of carbonyl (C=O) groups is 2. The number of rotatable bonds is 9. The maximum Gasteiger partial charge on any atom is 0.305 e. The Kier molecular flexibility index (Phi) is 8.16. The van der Waals surface area contributed by atoms with Crippen LogP contribution in [0.15, 0.2) is 48.5 Å². The van der Waals surface area contributed by atoms with Crippen LogP contribution in [0.4, 0.5) is 5.69 Å². The topological polar surface area (TPSA) is 55.4 Å². The highest BCUT2D eigenvalue weighted by Gasteiger charge is 2.09. The number of hydrogen-bond donors (Lipinski definition) is 1. The van der Waals surface area contributed by atoms with Crippen molar-refractivity contribution >= 4 is 29.2 Å². The molecular weight excluding hydrogens is 350 g/mol. The highest BCUT2D eigenvalue weighted by atomic mass is 35.5. The van der Waals surface area contributed by atoms with Crippen LogP contribution >= 0.6 is 11.6 Å². The van der Waals surface area contributed by atoms with Gasteiger partial charge in [0.15, 0.2) is 0 Å². The Balaban J connectivity index is 1.92. The van der Waals surface area contributed by atoms with Crippen LogP contribution in [0.3, 0.4) is 0 Å². The number of amides is 1. The first-order valence-electron chi connectivity index (χ1n) is 8.86. The fourth-order valence-corrected chi connectivity index (χ4v) is 2.85. The number of aryl methyl sites for hydroxylation is 1. The lowest BCUT2D eigenvalue weighted by molar-refractivity contribution is -0.143. The van der Waals surface area contributed by atoms with Gasteiger partial charge in [0.1, 0.15) is 0 Å². The van der Waals surface area contributed by atoms with Gasteiger partial charge in [-0.1, -0.05) is 48.0 Å². The Morgan fingerprint density at radius 1 is 1.08 bits per heavy atom. The number of carbonyl (C=O) groups excluding carboxylic acids is 2. The number of nitrogens with one attached hydrogen (secondary N) is 1. The number of benzene rings is 2. The van der Waals surface area contributed by atoms with Gasteiger partial charge in [0, 0.05) is 17.1 Å². The first-order chi connectivity index (χ1) is 12.6. The number of anilines is 1. The molecule has 2 aromatic carbocycles. The molecule has 4 nitrogen and oxygen atoms in total. The van der Waals surface area contributed by atoms with E-state index in [1.807, 2.05) is 42.5 Å². The van der Waals surface area contributed by atoms with E-state index in [1.54, 1.807) is 13.0 Å². The molecule has 0 atom stereocenters. The summed E-state index contributed by atoms with van der Waals surface area (Å²) in [6, 6.07) is 15.1. The zero-order valence-electron chi connectivity index (χ0n) is 15.0. The molecule has 0 radical (unpaired) electrons. The summed E-state index contributed by atoms with van der Waals surface area (Å²) in [6.45, 7) is 2.21. The summed E-state index contributed by atoms with van der Waals surface area (Å²) in [5.41, 5.74) is 2.71. The minimum atomic E-state index is -0.167. The van der Waals surface area contributed by atoms with E-state index in [4.69, 9.17) is 16.3 Å². The van der Waals surface area contributed by atoms with Crippen LogP contribution in [-0.4, -0.2) is 18.5 Å². The summed E-state index contributed by atoms with van der Waals surface area (Å²) in [6.07, 6.45) is 3.07. The number of esters is 1. The van der Waals surface area contributed by atoms with Crippen LogP contribution in [-0.2, 0) is 27.2 Å². The Labute approximate surface area is 159 Å². The number of halogens is 1. The van der Waals surface area contributed by atoms with Crippen LogP contribution in [0, 0.1) is 0 Å². The zero-order valence-corrected chi connectivity index (χ0v) is 15.7. The second kappa shape index (κ2) is 10.6. The minimum absolute atomic E-state index is 0.0776. The van der Waals surface area contributed by atoms with Gasteiger partial charge in [-0.15, -0.1) is 0 Å². The van der Waals surface area contributed by atoms with Crippen LogP contribution in [0.5, 0.6) is 0 Å². The van der Waals surface area contributed by atoms with E-state index in [-0.39, 0.29) is 11.9 Å². The van der Waals surface area contributed by atoms with Gasteiger partial charge in [-0.3, -0.25) is 9.59 Å². The molecule has 0 saturated heterocycles. The summed E-state index contributed by atoms with van der Waals surface area (Å²) in [7, 11) is 0. The Hall–Kier alpha value is -2.33. The molecule has 0 aliphatic carbocycles. The van der Waals surface area contributed by atoms with Gasteiger partial charge in [-0.25, -0.2) is 0 Å². The third-order valence-electron chi connectivity index (χ3n) is 3.94. The second-order valence-electron chi connectivity index (χ2n) is 6.02. The minimum Gasteiger partial charge on any atom is -0.466 e. The molecule has 0 heterocycles. The van der Waals surface area contributed by atoms with Crippen molar-refractivity contribution in [3.63, 3.8) is 0 Å². The predicted molar refractivity (Wildman–Crippen MR) is 104 cm³/mol. The number of ether oxygens (including phenoxy) is 1. The summed E-state index contributed by atoms with van der Waals surface area (Å²) in [4.78, 5) is 23.7. The van der Waals surface area contributed by atoms with E-state index in [0.29, 0.717) is 24.5 Å². The molecule has 0 unspecified atom stereocenters. The van der Waals surface area contributed by atoms with Crippen molar-refractivity contribution in [2.24, 2.45) is 0 Å². The Morgan fingerprint density at radius 3 is 2.58 bits per heavy atom. The maximum atomic E-state index is 12.3. The highest BCUT2D eigenvalue weighted by Crippen LogP contribution is 2.23. The Bertz CT molecular complexity index is 731. The van der Waals surface area contributed by atoms with E-state index >= 15 is 0 Å². The predicted octanol–water partition coefficient (Wildman–Crippen LogP) is 4.80. The van der Waals surface area contributed by atoms with Crippen molar-refractivity contribution in [2.75, 3.05) is 11.9 Å². The molecule has 0 spiro atoms. The van der Waals surface area contributed by atoms with E-state index in [1.165, 1.54) is 0 Å². The second-order valence-corrected chi connectivity index (χ2v) is 6.46. The molecule has 0 aliphatic heterocycles. The van der Waals surface area contributed by atoms with Gasteiger partial charge in [-0.2, -0.15) is 0 Å². The third-order valence-corrected chi connectivity index (χ3v) is 4.17. The fourth-order valence-electron chi connectivity index (χ4n) is 2.68. The lowest BCUT2D eigenvalue weighted by atomic mass is 10.0. The van der Waals surface area contributed by atoms with Gasteiger partial charge in [0.25, 0.3) is 0 Å². The standard InChI is InChI=1S/C21H24ClNO3/c1-2-26-21(25)11-7-6-10-17-12-13-18(22)15-19(17)23-20(24)14-16-8-4-3-5-9-16/h3-5,8-9,12-13,15H,2,6-7,10-11,14H2,1H3,(H,23,24). The summed E-state index contributed by atoms with van der Waals surface area (Å²) in [5.74, 6) is -0.244. The van der Waals surface area contributed by atoms with Crippen molar-refractivity contribution in [2.45, 2.75) is 39.0 Å². The molecule has 1 amide bonds. The lowest BCUT2D eigenvalue weighted by Crippen LogP contribution is -2.15. The van der Waals surface area contributed by atoms with E-state index in [0.717, 1.165) is 36.1 Å². The van der Waals surface area contributed by atoms with Crippen molar-refractivity contribution < 1.29 is 14.3 Å². The van der Waals surface area contributed by atoms with Gasteiger partial charge in [0.05, 0.1) is 13.0 Å². The molecule has 0 bridgehead atoms. The number of unbranched alkanes of at least 4 members (excludes halogenated alkanes) is 1. The molecule has 0 fully saturated rings. The molecule has 1 N–H and O–H groups in total. The van der Waals surface area contributed by atoms with Crippen molar-refractivity contribution in [3.8, 4) is 0 Å². The quantitative estimate of drug-likeness (QED) is 0.507. The maximum absolute atomic E-state index is 12.3. The SMILES string of the molecule is CCOC(=O)CCCCc1ccc(Cl)cc1NC(=O)Cc1ccccc1. The van der Waals surface area contributed by atoms with E-state index in [2.05, 4.69) is 5.32 Å². The van der Waals surface area contributed by atoms with Gasteiger partial charge in [-0.05, 0) is 49.4 Å². The fraction of sp³-hybridized carbons (Fsp3) is 0.333. The number of hydrogen-bond acceptors (Lipinski definition) is 3. The normalized spacial score (nSPS) is 10.4.